The van der Waals surface area contributed by atoms with Crippen molar-refractivity contribution < 1.29 is 9.53 Å². The van der Waals surface area contributed by atoms with Crippen LogP contribution in [0.2, 0.25) is 0 Å². The topological polar surface area (TPSA) is 41.6 Å². The fourth-order valence-corrected chi connectivity index (χ4v) is 2.65. The summed E-state index contributed by atoms with van der Waals surface area (Å²) in [6, 6.07) is 0. The molecule has 2 rings (SSSR count). The second kappa shape index (κ2) is 4.49. The molecule has 86 valence electrons. The summed E-state index contributed by atoms with van der Waals surface area (Å²) in [5, 5.41) is 3.39. The number of likely N-dealkylation sites (tertiary alicyclic amines) is 1. The monoisotopic (exact) mass is 212 g/mol. The molecule has 1 N–H and O–H groups in total. The highest BCUT2D eigenvalue weighted by atomic mass is 16.5. The van der Waals surface area contributed by atoms with Crippen LogP contribution in [0.15, 0.2) is 0 Å². The van der Waals surface area contributed by atoms with E-state index in [1.54, 1.807) is 7.11 Å². The van der Waals surface area contributed by atoms with Gasteiger partial charge in [0.2, 0.25) is 5.91 Å². The first kappa shape index (κ1) is 10.9. The van der Waals surface area contributed by atoms with Crippen molar-refractivity contribution in [1.82, 2.24) is 10.2 Å². The zero-order valence-electron chi connectivity index (χ0n) is 9.42. The van der Waals surface area contributed by atoms with Crippen molar-refractivity contribution in [2.75, 3.05) is 33.4 Å². The van der Waals surface area contributed by atoms with Gasteiger partial charge in [-0.1, -0.05) is 0 Å². The number of hydrogen-bond acceptors (Lipinski definition) is 3. The Hall–Kier alpha value is -0.610. The van der Waals surface area contributed by atoms with Crippen LogP contribution >= 0.6 is 0 Å². The third-order valence-corrected chi connectivity index (χ3v) is 3.64. The van der Waals surface area contributed by atoms with E-state index in [9.17, 15) is 4.79 Å². The van der Waals surface area contributed by atoms with Gasteiger partial charge in [0.15, 0.2) is 0 Å². The largest absolute Gasteiger partial charge is 0.384 e. The van der Waals surface area contributed by atoms with E-state index < -0.39 is 0 Å². The lowest BCUT2D eigenvalue weighted by molar-refractivity contribution is -0.150. The molecule has 15 heavy (non-hydrogen) atoms. The molecule has 1 atom stereocenters. The SMILES string of the molecule is COCCC(=O)N1CC[C@@]12CCCNC2. The molecule has 2 heterocycles. The summed E-state index contributed by atoms with van der Waals surface area (Å²) in [6.07, 6.45) is 4.05. The Morgan fingerprint density at radius 3 is 2.93 bits per heavy atom. The van der Waals surface area contributed by atoms with Crippen molar-refractivity contribution in [2.45, 2.75) is 31.2 Å². The minimum atomic E-state index is 0.156. The minimum absolute atomic E-state index is 0.156. The van der Waals surface area contributed by atoms with Crippen LogP contribution in [-0.2, 0) is 9.53 Å². The fourth-order valence-electron chi connectivity index (χ4n) is 2.65. The quantitative estimate of drug-likeness (QED) is 0.735. The van der Waals surface area contributed by atoms with Gasteiger partial charge < -0.3 is 15.0 Å². The molecular formula is C11H20N2O2. The molecule has 4 nitrogen and oxygen atoms in total. The second-order valence-electron chi connectivity index (χ2n) is 4.54. The highest BCUT2D eigenvalue weighted by Gasteiger charge is 2.47. The van der Waals surface area contributed by atoms with E-state index in [0.717, 1.165) is 19.6 Å². The lowest BCUT2D eigenvalue weighted by atomic mass is 9.78. The maximum absolute atomic E-state index is 11.9. The summed E-state index contributed by atoms with van der Waals surface area (Å²) in [5.41, 5.74) is 0.156. The first-order chi connectivity index (χ1) is 7.28. The van der Waals surface area contributed by atoms with Gasteiger partial charge in [-0.3, -0.25) is 4.79 Å². The molecule has 0 radical (unpaired) electrons. The summed E-state index contributed by atoms with van der Waals surface area (Å²) < 4.78 is 4.94. The van der Waals surface area contributed by atoms with Gasteiger partial charge in [-0.15, -0.1) is 0 Å². The van der Waals surface area contributed by atoms with Crippen LogP contribution in [0.4, 0.5) is 0 Å². The Kier molecular flexibility index (Phi) is 3.26. The zero-order chi connectivity index (χ0) is 10.7. The Morgan fingerprint density at radius 2 is 2.40 bits per heavy atom. The molecule has 4 heteroatoms. The summed E-state index contributed by atoms with van der Waals surface area (Å²) in [4.78, 5) is 13.9. The number of methoxy groups -OCH3 is 1. The molecule has 2 aliphatic heterocycles. The van der Waals surface area contributed by atoms with Crippen molar-refractivity contribution in [3.8, 4) is 0 Å². The van der Waals surface area contributed by atoms with E-state index in [1.807, 2.05) is 0 Å². The number of hydrogen-bond donors (Lipinski definition) is 1. The molecule has 2 saturated heterocycles. The van der Waals surface area contributed by atoms with Gasteiger partial charge in [0.05, 0.1) is 18.6 Å². The highest BCUT2D eigenvalue weighted by molar-refractivity contribution is 5.78. The van der Waals surface area contributed by atoms with Gasteiger partial charge in [-0.2, -0.15) is 0 Å². The Balaban J connectivity index is 1.89. The summed E-state index contributed by atoms with van der Waals surface area (Å²) >= 11 is 0. The lowest BCUT2D eigenvalue weighted by Crippen LogP contribution is -2.68. The molecule has 0 aromatic heterocycles. The molecule has 0 aromatic carbocycles. The number of nitrogens with zero attached hydrogens (tertiary/aromatic N) is 1. The Morgan fingerprint density at radius 1 is 1.53 bits per heavy atom. The normalized spacial score (nSPS) is 30.3. The predicted molar refractivity (Wildman–Crippen MR) is 57.7 cm³/mol. The number of rotatable bonds is 3. The number of nitrogens with one attached hydrogen (secondary N) is 1. The van der Waals surface area contributed by atoms with Crippen molar-refractivity contribution >= 4 is 5.91 Å². The van der Waals surface area contributed by atoms with Gasteiger partial charge >= 0.3 is 0 Å². The number of ether oxygens (including phenoxy) is 1. The first-order valence-corrected chi connectivity index (χ1v) is 5.79. The molecular weight excluding hydrogens is 192 g/mol. The van der Waals surface area contributed by atoms with E-state index >= 15 is 0 Å². The summed E-state index contributed by atoms with van der Waals surface area (Å²) in [5.74, 6) is 0.256. The van der Waals surface area contributed by atoms with Gasteiger partial charge in [0, 0.05) is 20.2 Å². The molecule has 0 aliphatic carbocycles. The number of carbonyl (C=O) groups is 1. The zero-order valence-corrected chi connectivity index (χ0v) is 9.42. The molecule has 0 saturated carbocycles. The average molecular weight is 212 g/mol. The summed E-state index contributed by atoms with van der Waals surface area (Å²) in [7, 11) is 1.64. The smallest absolute Gasteiger partial charge is 0.225 e. The van der Waals surface area contributed by atoms with E-state index in [0.29, 0.717) is 13.0 Å². The first-order valence-electron chi connectivity index (χ1n) is 5.79. The number of piperidine rings is 1. The Bertz CT molecular complexity index is 237. The molecule has 1 amide bonds. The summed E-state index contributed by atoms with van der Waals surface area (Å²) in [6.45, 7) is 3.55. The van der Waals surface area contributed by atoms with Gasteiger partial charge in [-0.05, 0) is 25.8 Å². The minimum Gasteiger partial charge on any atom is -0.384 e. The molecule has 0 aromatic rings. The van der Waals surface area contributed by atoms with Crippen LogP contribution in [0, 0.1) is 0 Å². The van der Waals surface area contributed by atoms with E-state index in [2.05, 4.69) is 10.2 Å². The molecule has 0 unspecified atom stereocenters. The number of carbonyl (C=O) groups excluding carboxylic acids is 1. The third-order valence-electron chi connectivity index (χ3n) is 3.64. The molecule has 2 fully saturated rings. The van der Waals surface area contributed by atoms with Crippen molar-refractivity contribution in [3.63, 3.8) is 0 Å². The molecule has 1 spiro atoms. The van der Waals surface area contributed by atoms with Crippen LogP contribution in [0.3, 0.4) is 0 Å². The number of amides is 1. The van der Waals surface area contributed by atoms with Crippen LogP contribution in [0.25, 0.3) is 0 Å². The second-order valence-corrected chi connectivity index (χ2v) is 4.54. The van der Waals surface area contributed by atoms with E-state index in [-0.39, 0.29) is 11.4 Å². The van der Waals surface area contributed by atoms with Gasteiger partial charge in [0.1, 0.15) is 0 Å². The highest BCUT2D eigenvalue weighted by Crippen LogP contribution is 2.36. The van der Waals surface area contributed by atoms with Gasteiger partial charge in [-0.25, -0.2) is 0 Å². The van der Waals surface area contributed by atoms with Crippen LogP contribution in [0.1, 0.15) is 25.7 Å². The standard InChI is InChI=1S/C11H20N2O2/c1-15-8-3-10(14)13-7-5-11(13)4-2-6-12-9-11/h12H,2-9H2,1H3/t11-/m1/s1. The van der Waals surface area contributed by atoms with Crippen molar-refractivity contribution in [3.05, 3.63) is 0 Å². The van der Waals surface area contributed by atoms with Crippen LogP contribution in [0.5, 0.6) is 0 Å². The maximum atomic E-state index is 11.9. The van der Waals surface area contributed by atoms with E-state index in [1.165, 1.54) is 19.3 Å². The van der Waals surface area contributed by atoms with Crippen LogP contribution < -0.4 is 5.32 Å². The predicted octanol–water partition coefficient (Wildman–Crippen LogP) is 0.377. The van der Waals surface area contributed by atoms with Crippen molar-refractivity contribution in [2.24, 2.45) is 0 Å². The maximum Gasteiger partial charge on any atom is 0.225 e. The van der Waals surface area contributed by atoms with Gasteiger partial charge in [0.25, 0.3) is 0 Å². The molecule has 0 bridgehead atoms. The third kappa shape index (κ3) is 2.01. The van der Waals surface area contributed by atoms with Crippen molar-refractivity contribution in [1.29, 1.82) is 0 Å². The fraction of sp³-hybridized carbons (Fsp3) is 0.909. The van der Waals surface area contributed by atoms with E-state index in [4.69, 9.17) is 4.74 Å². The Labute approximate surface area is 91.0 Å². The molecule has 2 aliphatic rings. The average Bonchev–Trinajstić information content (AvgIpc) is 2.26. The van der Waals surface area contributed by atoms with Crippen LogP contribution in [-0.4, -0.2) is 49.7 Å². The lowest BCUT2D eigenvalue weighted by Gasteiger charge is -2.55.